The number of rotatable bonds is 3. The van der Waals surface area contributed by atoms with Gasteiger partial charge in [-0.05, 0) is 18.8 Å². The second-order valence-electron chi connectivity index (χ2n) is 5.42. The maximum absolute atomic E-state index is 14.3. The van der Waals surface area contributed by atoms with Gasteiger partial charge in [0.05, 0.1) is 0 Å². The van der Waals surface area contributed by atoms with Crippen LogP contribution in [0.1, 0.15) is 25.3 Å². The predicted molar refractivity (Wildman–Crippen MR) is 71.9 cm³/mol. The highest BCUT2D eigenvalue weighted by Crippen LogP contribution is 2.33. The van der Waals surface area contributed by atoms with Crippen molar-refractivity contribution in [2.75, 3.05) is 6.54 Å². The molecule has 21 heavy (non-hydrogen) atoms. The van der Waals surface area contributed by atoms with E-state index >= 15 is 0 Å². The Hall–Kier alpha value is -1.98. The molecule has 0 saturated carbocycles. The van der Waals surface area contributed by atoms with Crippen LogP contribution in [0.3, 0.4) is 0 Å². The number of carboxylic acid groups (broad SMARTS) is 1. The fourth-order valence-electron chi connectivity index (χ4n) is 2.57. The molecule has 1 aliphatic heterocycles. The number of benzene rings is 1. The number of carbonyl (C=O) groups is 2. The van der Waals surface area contributed by atoms with Crippen molar-refractivity contribution >= 4 is 11.9 Å². The molecule has 114 valence electrons. The number of hydrogen-bond donors (Lipinski definition) is 1. The summed E-state index contributed by atoms with van der Waals surface area (Å²) in [6, 6.07) is 5.57. The number of alkyl halides is 2. The second-order valence-corrected chi connectivity index (χ2v) is 5.42. The third kappa shape index (κ3) is 3.04. The number of aliphatic carboxylic acids is 1. The van der Waals surface area contributed by atoms with Gasteiger partial charge < -0.3 is 10.0 Å². The summed E-state index contributed by atoms with van der Waals surface area (Å²) in [4.78, 5) is 24.2. The Morgan fingerprint density at radius 3 is 2.48 bits per heavy atom. The Morgan fingerprint density at radius 2 is 1.90 bits per heavy atom. The SMILES string of the molecule is CC1CCN(C(=O)C(F)(F)c2ccccc2)C(C(=O)O)C1. The van der Waals surface area contributed by atoms with E-state index in [4.69, 9.17) is 0 Å². The van der Waals surface area contributed by atoms with Crippen molar-refractivity contribution in [3.8, 4) is 0 Å². The number of carboxylic acids is 1. The monoisotopic (exact) mass is 297 g/mol. The Balaban J connectivity index is 2.27. The standard InChI is InChI=1S/C15H17F2NO3/c1-10-7-8-18(12(9-10)13(19)20)14(21)15(16,17)11-5-3-2-4-6-11/h2-6,10,12H,7-9H2,1H3,(H,19,20). The van der Waals surface area contributed by atoms with Crippen molar-refractivity contribution in [2.24, 2.45) is 5.92 Å². The van der Waals surface area contributed by atoms with E-state index in [1.165, 1.54) is 24.3 Å². The van der Waals surface area contributed by atoms with Gasteiger partial charge in [0.1, 0.15) is 6.04 Å². The number of hydrogen-bond acceptors (Lipinski definition) is 2. The minimum Gasteiger partial charge on any atom is -0.480 e. The normalized spacial score (nSPS) is 22.9. The maximum atomic E-state index is 14.3. The molecule has 1 saturated heterocycles. The van der Waals surface area contributed by atoms with Crippen molar-refractivity contribution in [3.05, 3.63) is 35.9 Å². The van der Waals surface area contributed by atoms with E-state index in [1.807, 2.05) is 6.92 Å². The van der Waals surface area contributed by atoms with Crippen molar-refractivity contribution in [2.45, 2.75) is 31.7 Å². The van der Waals surface area contributed by atoms with E-state index in [0.29, 0.717) is 6.42 Å². The van der Waals surface area contributed by atoms with E-state index < -0.39 is 29.4 Å². The summed E-state index contributed by atoms with van der Waals surface area (Å²) in [7, 11) is 0. The zero-order valence-corrected chi connectivity index (χ0v) is 11.6. The largest absolute Gasteiger partial charge is 0.480 e. The van der Waals surface area contributed by atoms with Crippen molar-refractivity contribution in [3.63, 3.8) is 0 Å². The molecular weight excluding hydrogens is 280 g/mol. The van der Waals surface area contributed by atoms with Crippen LogP contribution in [0.25, 0.3) is 0 Å². The highest BCUT2D eigenvalue weighted by molar-refractivity contribution is 5.89. The van der Waals surface area contributed by atoms with Gasteiger partial charge in [0.15, 0.2) is 0 Å². The summed E-state index contributed by atoms with van der Waals surface area (Å²) < 4.78 is 28.6. The lowest BCUT2D eigenvalue weighted by Crippen LogP contribution is -2.54. The van der Waals surface area contributed by atoms with Gasteiger partial charge in [-0.2, -0.15) is 8.78 Å². The molecule has 1 amide bonds. The van der Waals surface area contributed by atoms with Crippen LogP contribution in [0.4, 0.5) is 8.78 Å². The van der Waals surface area contributed by atoms with Crippen LogP contribution in [0.5, 0.6) is 0 Å². The number of amides is 1. The molecule has 2 rings (SSSR count). The van der Waals surface area contributed by atoms with Crippen molar-refractivity contribution in [1.82, 2.24) is 4.90 Å². The van der Waals surface area contributed by atoms with Crippen LogP contribution >= 0.6 is 0 Å². The van der Waals surface area contributed by atoms with Gasteiger partial charge in [0.2, 0.25) is 0 Å². The smallest absolute Gasteiger partial charge is 0.349 e. The average Bonchev–Trinajstić information content (AvgIpc) is 2.47. The molecule has 0 spiro atoms. The summed E-state index contributed by atoms with van der Waals surface area (Å²) in [6.07, 6.45) is 0.729. The summed E-state index contributed by atoms with van der Waals surface area (Å²) in [5, 5.41) is 9.17. The molecular formula is C15H17F2NO3. The number of nitrogens with zero attached hydrogens (tertiary/aromatic N) is 1. The first-order valence-corrected chi connectivity index (χ1v) is 6.81. The number of likely N-dealkylation sites (tertiary alicyclic amines) is 1. The van der Waals surface area contributed by atoms with E-state index in [2.05, 4.69) is 0 Å². The summed E-state index contributed by atoms with van der Waals surface area (Å²) in [5.74, 6) is -6.29. The fraction of sp³-hybridized carbons (Fsp3) is 0.467. The van der Waals surface area contributed by atoms with E-state index in [-0.39, 0.29) is 18.9 Å². The van der Waals surface area contributed by atoms with Crippen LogP contribution in [-0.4, -0.2) is 34.5 Å². The summed E-state index contributed by atoms with van der Waals surface area (Å²) in [6.45, 7) is 1.90. The minimum absolute atomic E-state index is 0.0411. The minimum atomic E-state index is -3.71. The molecule has 0 radical (unpaired) electrons. The first kappa shape index (κ1) is 15.4. The highest BCUT2D eigenvalue weighted by Gasteiger charge is 2.48. The molecule has 2 atom stereocenters. The van der Waals surface area contributed by atoms with Gasteiger partial charge in [-0.25, -0.2) is 4.79 Å². The Morgan fingerprint density at radius 1 is 1.29 bits per heavy atom. The molecule has 1 aromatic carbocycles. The highest BCUT2D eigenvalue weighted by atomic mass is 19.3. The summed E-state index contributed by atoms with van der Waals surface area (Å²) >= 11 is 0. The Labute approximate surface area is 121 Å². The predicted octanol–water partition coefficient (Wildman–Crippen LogP) is 2.49. The van der Waals surface area contributed by atoms with Crippen LogP contribution < -0.4 is 0 Å². The lowest BCUT2D eigenvalue weighted by atomic mass is 9.91. The molecule has 1 aliphatic rings. The molecule has 1 aromatic rings. The molecule has 0 bridgehead atoms. The number of carbonyl (C=O) groups excluding carboxylic acids is 1. The van der Waals surface area contributed by atoms with Crippen LogP contribution in [0.2, 0.25) is 0 Å². The number of piperidine rings is 1. The first-order valence-electron chi connectivity index (χ1n) is 6.81. The van der Waals surface area contributed by atoms with Crippen LogP contribution in [0.15, 0.2) is 30.3 Å². The number of halogens is 2. The topological polar surface area (TPSA) is 57.6 Å². The van der Waals surface area contributed by atoms with Gasteiger partial charge >= 0.3 is 11.9 Å². The average molecular weight is 297 g/mol. The van der Waals surface area contributed by atoms with Gasteiger partial charge in [0, 0.05) is 12.1 Å². The van der Waals surface area contributed by atoms with Crippen molar-refractivity contribution in [1.29, 1.82) is 0 Å². The zero-order valence-electron chi connectivity index (χ0n) is 11.6. The summed E-state index contributed by atoms with van der Waals surface area (Å²) in [5.41, 5.74) is -0.419. The molecule has 1 N–H and O–H groups in total. The quantitative estimate of drug-likeness (QED) is 0.932. The lowest BCUT2D eigenvalue weighted by Gasteiger charge is -2.37. The fourth-order valence-corrected chi connectivity index (χ4v) is 2.57. The molecule has 1 fully saturated rings. The van der Waals surface area contributed by atoms with Gasteiger partial charge in [-0.3, -0.25) is 4.79 Å². The zero-order chi connectivity index (χ0) is 15.6. The van der Waals surface area contributed by atoms with E-state index in [9.17, 15) is 23.5 Å². The molecule has 6 heteroatoms. The third-order valence-corrected chi connectivity index (χ3v) is 3.82. The second kappa shape index (κ2) is 5.79. The Kier molecular flexibility index (Phi) is 4.25. The van der Waals surface area contributed by atoms with E-state index in [0.717, 1.165) is 4.90 Å². The van der Waals surface area contributed by atoms with Gasteiger partial charge in [0.25, 0.3) is 5.91 Å². The van der Waals surface area contributed by atoms with Gasteiger partial charge in [-0.1, -0.05) is 37.3 Å². The first-order chi connectivity index (χ1) is 9.84. The lowest BCUT2D eigenvalue weighted by molar-refractivity contribution is -0.169. The van der Waals surface area contributed by atoms with E-state index in [1.54, 1.807) is 6.07 Å². The molecule has 4 nitrogen and oxygen atoms in total. The van der Waals surface area contributed by atoms with Crippen LogP contribution in [-0.2, 0) is 15.5 Å². The Bertz CT molecular complexity index is 533. The van der Waals surface area contributed by atoms with Gasteiger partial charge in [-0.15, -0.1) is 0 Å². The molecule has 2 unspecified atom stereocenters. The molecule has 0 aliphatic carbocycles. The molecule has 1 heterocycles. The third-order valence-electron chi connectivity index (χ3n) is 3.82. The maximum Gasteiger partial charge on any atom is 0.349 e. The molecule has 0 aromatic heterocycles. The van der Waals surface area contributed by atoms with Crippen molar-refractivity contribution < 1.29 is 23.5 Å². The van der Waals surface area contributed by atoms with Crippen LogP contribution in [0, 0.1) is 5.92 Å².